The first-order chi connectivity index (χ1) is 10.5. The second-order valence-corrected chi connectivity index (χ2v) is 6.87. The molecule has 134 valence electrons. The number of sulfonamides is 1. The molecular formula is C13H22BrClN2O5S. The van der Waals surface area contributed by atoms with E-state index in [1.54, 1.807) is 7.11 Å². The number of halogens is 2. The molecule has 23 heavy (non-hydrogen) atoms. The zero-order valence-electron chi connectivity index (χ0n) is 13.2. The van der Waals surface area contributed by atoms with Gasteiger partial charge in [0.25, 0.3) is 0 Å². The van der Waals surface area contributed by atoms with Crippen molar-refractivity contribution >= 4 is 38.4 Å². The summed E-state index contributed by atoms with van der Waals surface area (Å²) in [6.45, 7) is 2.00. The van der Waals surface area contributed by atoms with Gasteiger partial charge in [-0.1, -0.05) is 0 Å². The van der Waals surface area contributed by atoms with Crippen molar-refractivity contribution in [1.82, 2.24) is 10.0 Å². The normalized spacial score (nSPS) is 11.0. The topological polar surface area (TPSA) is 85.9 Å². The van der Waals surface area contributed by atoms with E-state index in [2.05, 4.69) is 26.0 Å². The lowest BCUT2D eigenvalue weighted by molar-refractivity contribution is 0.199. The summed E-state index contributed by atoms with van der Waals surface area (Å²) in [7, 11) is 0.843. The van der Waals surface area contributed by atoms with Gasteiger partial charge in [0.05, 0.1) is 25.3 Å². The Kier molecular flexibility index (Phi) is 10.8. The molecule has 0 bridgehead atoms. The van der Waals surface area contributed by atoms with Crippen LogP contribution in [0.25, 0.3) is 0 Å². The predicted molar refractivity (Wildman–Crippen MR) is 94.4 cm³/mol. The fraction of sp³-hybridized carbons (Fsp3) is 0.538. The highest BCUT2D eigenvalue weighted by Crippen LogP contribution is 2.35. The van der Waals surface area contributed by atoms with E-state index in [4.69, 9.17) is 14.2 Å². The molecule has 2 N–H and O–H groups in total. The number of benzene rings is 1. The molecule has 7 nitrogen and oxygen atoms in total. The standard InChI is InChI=1S/C13H21BrN2O5S.ClH/c1-19-7-6-15-4-5-16-22(17,18)13-8-10(14)11(20-2)9-12(13)21-3;/h8-9,15-16H,4-7H2,1-3H3;1H. The lowest BCUT2D eigenvalue weighted by atomic mass is 10.3. The lowest BCUT2D eigenvalue weighted by Crippen LogP contribution is -2.33. The van der Waals surface area contributed by atoms with E-state index in [-0.39, 0.29) is 29.6 Å². The first-order valence-electron chi connectivity index (χ1n) is 6.57. The van der Waals surface area contributed by atoms with Gasteiger partial charge in [0.2, 0.25) is 10.0 Å². The van der Waals surface area contributed by atoms with Crippen LogP contribution in [0.4, 0.5) is 0 Å². The van der Waals surface area contributed by atoms with Crippen LogP contribution in [0.5, 0.6) is 11.5 Å². The van der Waals surface area contributed by atoms with Crippen molar-refractivity contribution in [2.45, 2.75) is 4.90 Å². The number of methoxy groups -OCH3 is 3. The highest BCUT2D eigenvalue weighted by Gasteiger charge is 2.21. The van der Waals surface area contributed by atoms with Crippen LogP contribution in [0.2, 0.25) is 0 Å². The van der Waals surface area contributed by atoms with Crippen molar-refractivity contribution < 1.29 is 22.6 Å². The third-order valence-electron chi connectivity index (χ3n) is 2.80. The molecule has 0 saturated heterocycles. The Hall–Kier alpha value is -0.580. The van der Waals surface area contributed by atoms with Gasteiger partial charge in [-0.3, -0.25) is 0 Å². The largest absolute Gasteiger partial charge is 0.495 e. The molecule has 0 heterocycles. The quantitative estimate of drug-likeness (QED) is 0.543. The van der Waals surface area contributed by atoms with Crippen LogP contribution in [0.1, 0.15) is 0 Å². The van der Waals surface area contributed by atoms with Crippen LogP contribution in [-0.4, -0.2) is 56.0 Å². The summed E-state index contributed by atoms with van der Waals surface area (Å²) in [4.78, 5) is 0.0552. The first kappa shape index (κ1) is 22.4. The minimum atomic E-state index is -3.68. The molecule has 0 aromatic heterocycles. The van der Waals surface area contributed by atoms with Crippen molar-refractivity contribution in [3.05, 3.63) is 16.6 Å². The van der Waals surface area contributed by atoms with Crippen LogP contribution in [-0.2, 0) is 14.8 Å². The van der Waals surface area contributed by atoms with Gasteiger partial charge in [-0.2, -0.15) is 0 Å². The molecule has 0 fully saturated rings. The van der Waals surface area contributed by atoms with Gasteiger partial charge in [0.1, 0.15) is 16.4 Å². The Morgan fingerprint density at radius 1 is 1.04 bits per heavy atom. The van der Waals surface area contributed by atoms with Crippen LogP contribution in [0, 0.1) is 0 Å². The van der Waals surface area contributed by atoms with Gasteiger partial charge < -0.3 is 19.5 Å². The maximum atomic E-state index is 12.3. The molecule has 1 aromatic rings. The van der Waals surface area contributed by atoms with Crippen molar-refractivity contribution in [3.63, 3.8) is 0 Å². The third kappa shape index (κ3) is 6.82. The predicted octanol–water partition coefficient (Wildman–Crippen LogP) is 1.40. The molecule has 10 heteroatoms. The maximum absolute atomic E-state index is 12.3. The summed E-state index contributed by atoms with van der Waals surface area (Å²) in [5.41, 5.74) is 0. The van der Waals surface area contributed by atoms with Crippen LogP contribution < -0.4 is 19.5 Å². The van der Waals surface area contributed by atoms with Crippen molar-refractivity contribution in [3.8, 4) is 11.5 Å². The summed E-state index contributed by atoms with van der Waals surface area (Å²) >= 11 is 3.27. The lowest BCUT2D eigenvalue weighted by Gasteiger charge is -2.13. The summed E-state index contributed by atoms with van der Waals surface area (Å²) in [6, 6.07) is 2.98. The fourth-order valence-electron chi connectivity index (χ4n) is 1.69. The molecule has 0 spiro atoms. The molecule has 0 atom stereocenters. The SMILES string of the molecule is COCCNCCNS(=O)(=O)c1cc(Br)c(OC)cc1OC.Cl. The van der Waals surface area contributed by atoms with Gasteiger partial charge in [-0.05, 0) is 22.0 Å². The third-order valence-corrected chi connectivity index (χ3v) is 4.91. The van der Waals surface area contributed by atoms with Gasteiger partial charge in [0, 0.05) is 32.8 Å². The number of ether oxygens (including phenoxy) is 3. The smallest absolute Gasteiger partial charge is 0.244 e. The summed E-state index contributed by atoms with van der Waals surface area (Å²) in [5.74, 6) is 0.719. The minimum Gasteiger partial charge on any atom is -0.495 e. The number of hydrogen-bond donors (Lipinski definition) is 2. The zero-order valence-corrected chi connectivity index (χ0v) is 16.4. The summed E-state index contributed by atoms with van der Waals surface area (Å²) in [5, 5.41) is 3.06. The molecule has 0 aliphatic rings. The molecule has 0 amide bonds. The highest BCUT2D eigenvalue weighted by atomic mass is 79.9. The molecule has 0 saturated carbocycles. The average molecular weight is 434 g/mol. The molecular weight excluding hydrogens is 412 g/mol. The number of rotatable bonds is 10. The minimum absolute atomic E-state index is 0. The fourth-order valence-corrected chi connectivity index (χ4v) is 3.56. The number of hydrogen-bond acceptors (Lipinski definition) is 6. The van der Waals surface area contributed by atoms with Crippen LogP contribution in [0.15, 0.2) is 21.5 Å². The van der Waals surface area contributed by atoms with Gasteiger partial charge in [-0.15, -0.1) is 12.4 Å². The van der Waals surface area contributed by atoms with Crippen molar-refractivity contribution in [2.75, 3.05) is 47.6 Å². The zero-order chi connectivity index (χ0) is 16.6. The van der Waals surface area contributed by atoms with E-state index < -0.39 is 10.0 Å². The molecule has 0 unspecified atom stereocenters. The van der Waals surface area contributed by atoms with Gasteiger partial charge in [0.15, 0.2) is 0 Å². The van der Waals surface area contributed by atoms with E-state index in [1.165, 1.54) is 26.4 Å². The Morgan fingerprint density at radius 3 is 2.26 bits per heavy atom. The molecule has 0 aliphatic carbocycles. The molecule has 1 rings (SSSR count). The van der Waals surface area contributed by atoms with Gasteiger partial charge in [-0.25, -0.2) is 13.1 Å². The monoisotopic (exact) mass is 432 g/mol. The second kappa shape index (κ2) is 11.1. The Morgan fingerprint density at radius 2 is 1.70 bits per heavy atom. The molecule has 0 radical (unpaired) electrons. The van der Waals surface area contributed by atoms with Crippen molar-refractivity contribution in [1.29, 1.82) is 0 Å². The van der Waals surface area contributed by atoms with E-state index in [9.17, 15) is 8.42 Å². The molecule has 1 aromatic carbocycles. The average Bonchev–Trinajstić information content (AvgIpc) is 2.50. The van der Waals surface area contributed by atoms with E-state index in [1.807, 2.05) is 0 Å². The summed E-state index contributed by atoms with van der Waals surface area (Å²) < 4.78 is 42.9. The van der Waals surface area contributed by atoms with Crippen molar-refractivity contribution in [2.24, 2.45) is 0 Å². The molecule has 0 aliphatic heterocycles. The highest BCUT2D eigenvalue weighted by molar-refractivity contribution is 9.10. The maximum Gasteiger partial charge on any atom is 0.244 e. The first-order valence-corrected chi connectivity index (χ1v) is 8.84. The van der Waals surface area contributed by atoms with E-state index in [0.717, 1.165) is 0 Å². The Bertz CT molecular complexity index is 586. The Balaban J connectivity index is 0.00000484. The van der Waals surface area contributed by atoms with Crippen LogP contribution >= 0.6 is 28.3 Å². The van der Waals surface area contributed by atoms with E-state index in [0.29, 0.717) is 29.9 Å². The van der Waals surface area contributed by atoms with Crippen LogP contribution in [0.3, 0.4) is 0 Å². The van der Waals surface area contributed by atoms with Gasteiger partial charge >= 0.3 is 0 Å². The second-order valence-electron chi connectivity index (χ2n) is 4.28. The Labute approximate surface area is 151 Å². The number of nitrogens with one attached hydrogen (secondary N) is 2. The summed E-state index contributed by atoms with van der Waals surface area (Å²) in [6.07, 6.45) is 0. The van der Waals surface area contributed by atoms with E-state index >= 15 is 0 Å².